The minimum atomic E-state index is -0.0255. The lowest BCUT2D eigenvalue weighted by molar-refractivity contribution is 0.331. The van der Waals surface area contributed by atoms with Crippen molar-refractivity contribution in [2.45, 2.75) is 51.0 Å². The second-order valence-corrected chi connectivity index (χ2v) is 8.11. The van der Waals surface area contributed by atoms with Gasteiger partial charge in [-0.25, -0.2) is 9.67 Å². The number of nitriles is 1. The van der Waals surface area contributed by atoms with Crippen LogP contribution in [0.25, 0.3) is 0 Å². The smallest absolute Gasteiger partial charge is 0.266 e. The van der Waals surface area contributed by atoms with E-state index in [0.29, 0.717) is 23.9 Å². The third-order valence-corrected chi connectivity index (χ3v) is 5.97. The normalized spacial score (nSPS) is 19.3. The molecular formula is C21H23N5O. The minimum Gasteiger partial charge on any atom is -0.355 e. The quantitative estimate of drug-likeness (QED) is 0.836. The number of pyridine rings is 1. The molecule has 1 saturated heterocycles. The van der Waals surface area contributed by atoms with Crippen LogP contribution in [0.1, 0.15) is 54.1 Å². The van der Waals surface area contributed by atoms with Gasteiger partial charge in [0.15, 0.2) is 0 Å². The minimum absolute atomic E-state index is 0.0255. The number of fused-ring (bicyclic) bond motifs is 1. The average Bonchev–Trinajstić information content (AvgIpc) is 3.50. The molecule has 3 aliphatic rings. The van der Waals surface area contributed by atoms with Crippen molar-refractivity contribution < 1.29 is 0 Å². The van der Waals surface area contributed by atoms with Crippen LogP contribution < -0.4 is 10.5 Å². The van der Waals surface area contributed by atoms with Crippen LogP contribution in [0, 0.1) is 17.2 Å². The predicted molar refractivity (Wildman–Crippen MR) is 102 cm³/mol. The maximum atomic E-state index is 12.1. The predicted octanol–water partition coefficient (Wildman–Crippen LogP) is 2.40. The molecule has 3 heterocycles. The van der Waals surface area contributed by atoms with Crippen LogP contribution in [0.15, 0.2) is 23.0 Å². The number of hydrogen-bond donors (Lipinski definition) is 0. The summed E-state index contributed by atoms with van der Waals surface area (Å²) in [7, 11) is 0. The van der Waals surface area contributed by atoms with Gasteiger partial charge in [-0.05, 0) is 56.2 Å². The number of aryl methyl sites for hydroxylation is 2. The molecule has 0 spiro atoms. The van der Waals surface area contributed by atoms with E-state index in [4.69, 9.17) is 4.98 Å². The molecule has 0 bridgehead atoms. The molecule has 0 unspecified atom stereocenters. The second kappa shape index (κ2) is 6.49. The van der Waals surface area contributed by atoms with E-state index in [1.54, 1.807) is 10.7 Å². The zero-order chi connectivity index (χ0) is 18.4. The van der Waals surface area contributed by atoms with Gasteiger partial charge in [-0.15, -0.1) is 0 Å². The maximum Gasteiger partial charge on any atom is 0.266 e. The molecule has 6 heteroatoms. The van der Waals surface area contributed by atoms with Crippen molar-refractivity contribution in [3.05, 3.63) is 51.1 Å². The fourth-order valence-electron chi connectivity index (χ4n) is 4.24. The van der Waals surface area contributed by atoms with E-state index in [-0.39, 0.29) is 5.56 Å². The molecule has 0 N–H and O–H groups in total. The van der Waals surface area contributed by atoms with Crippen molar-refractivity contribution in [1.29, 1.82) is 5.26 Å². The maximum absolute atomic E-state index is 12.1. The van der Waals surface area contributed by atoms with E-state index < -0.39 is 0 Å². The molecule has 0 amide bonds. The lowest BCUT2D eigenvalue weighted by Gasteiger charge is -2.41. The van der Waals surface area contributed by atoms with Gasteiger partial charge in [0, 0.05) is 36.7 Å². The summed E-state index contributed by atoms with van der Waals surface area (Å²) in [6, 6.07) is 7.88. The van der Waals surface area contributed by atoms with Crippen LogP contribution in [0.4, 0.5) is 5.82 Å². The van der Waals surface area contributed by atoms with Crippen LogP contribution >= 0.6 is 0 Å². The lowest BCUT2D eigenvalue weighted by Crippen LogP contribution is -2.50. The molecule has 0 aromatic carbocycles. The summed E-state index contributed by atoms with van der Waals surface area (Å²) >= 11 is 0. The Morgan fingerprint density at radius 3 is 2.78 bits per heavy atom. The molecule has 138 valence electrons. The van der Waals surface area contributed by atoms with E-state index in [2.05, 4.69) is 16.1 Å². The second-order valence-electron chi connectivity index (χ2n) is 8.11. The molecule has 5 rings (SSSR count). The van der Waals surface area contributed by atoms with Crippen molar-refractivity contribution in [1.82, 2.24) is 14.8 Å². The molecule has 1 saturated carbocycles. The topological polar surface area (TPSA) is 74.8 Å². The van der Waals surface area contributed by atoms with Gasteiger partial charge in [0.25, 0.3) is 5.56 Å². The third kappa shape index (κ3) is 3.12. The third-order valence-electron chi connectivity index (χ3n) is 5.97. The van der Waals surface area contributed by atoms with E-state index in [1.165, 1.54) is 31.2 Å². The summed E-state index contributed by atoms with van der Waals surface area (Å²) in [4.78, 5) is 19.1. The van der Waals surface area contributed by atoms with E-state index in [0.717, 1.165) is 43.1 Å². The zero-order valence-corrected chi connectivity index (χ0v) is 15.4. The number of hydrogen-bond acceptors (Lipinski definition) is 5. The van der Waals surface area contributed by atoms with Crippen LogP contribution in [0.3, 0.4) is 0 Å². The monoisotopic (exact) mass is 361 g/mol. The van der Waals surface area contributed by atoms with Gasteiger partial charge in [-0.2, -0.15) is 10.4 Å². The Morgan fingerprint density at radius 2 is 2.00 bits per heavy atom. The largest absolute Gasteiger partial charge is 0.355 e. The van der Waals surface area contributed by atoms with Crippen molar-refractivity contribution in [3.63, 3.8) is 0 Å². The van der Waals surface area contributed by atoms with E-state index in [9.17, 15) is 10.1 Å². The molecule has 2 aromatic heterocycles. The van der Waals surface area contributed by atoms with Crippen molar-refractivity contribution in [3.8, 4) is 6.07 Å². The molecule has 2 aliphatic carbocycles. The van der Waals surface area contributed by atoms with Crippen molar-refractivity contribution >= 4 is 5.82 Å². The molecule has 2 aromatic rings. The van der Waals surface area contributed by atoms with Crippen LogP contribution in [-0.2, 0) is 19.4 Å². The van der Waals surface area contributed by atoms with Crippen LogP contribution in [0.5, 0.6) is 0 Å². The first-order valence-electron chi connectivity index (χ1n) is 9.97. The zero-order valence-electron chi connectivity index (χ0n) is 15.4. The lowest BCUT2D eigenvalue weighted by atomic mass is 9.93. The number of aromatic nitrogens is 3. The number of nitrogens with zero attached hydrogens (tertiary/aromatic N) is 5. The highest BCUT2D eigenvalue weighted by Gasteiger charge is 2.32. The van der Waals surface area contributed by atoms with Crippen molar-refractivity contribution in [2.75, 3.05) is 18.0 Å². The fraction of sp³-hybridized carbons (Fsp3) is 0.524. The Hall–Kier alpha value is -2.68. The van der Waals surface area contributed by atoms with Gasteiger partial charge in [0.05, 0.1) is 17.8 Å². The summed E-state index contributed by atoms with van der Waals surface area (Å²) in [6.45, 7) is 2.28. The molecule has 6 nitrogen and oxygen atoms in total. The van der Waals surface area contributed by atoms with Gasteiger partial charge >= 0.3 is 0 Å². The Labute approximate surface area is 158 Å². The Morgan fingerprint density at radius 1 is 1.19 bits per heavy atom. The van der Waals surface area contributed by atoms with E-state index >= 15 is 0 Å². The fourth-order valence-corrected chi connectivity index (χ4v) is 4.24. The summed E-state index contributed by atoms with van der Waals surface area (Å²) in [6.07, 6.45) is 6.78. The molecule has 0 atom stereocenters. The molecular weight excluding hydrogens is 338 g/mol. The summed E-state index contributed by atoms with van der Waals surface area (Å²) in [5.74, 6) is 1.74. The van der Waals surface area contributed by atoms with Gasteiger partial charge in [0.2, 0.25) is 0 Å². The Kier molecular flexibility index (Phi) is 3.96. The molecule has 0 radical (unpaired) electrons. The summed E-state index contributed by atoms with van der Waals surface area (Å²) in [5, 5.41) is 14.1. The summed E-state index contributed by atoms with van der Waals surface area (Å²) in [5.41, 5.74) is 4.11. The Bertz CT molecular complexity index is 979. The first-order chi connectivity index (χ1) is 13.2. The first-order valence-corrected chi connectivity index (χ1v) is 9.97. The van der Waals surface area contributed by atoms with Crippen molar-refractivity contribution in [2.24, 2.45) is 5.92 Å². The van der Waals surface area contributed by atoms with Gasteiger partial charge < -0.3 is 4.90 Å². The van der Waals surface area contributed by atoms with E-state index in [1.807, 2.05) is 12.1 Å². The first kappa shape index (κ1) is 16.5. The highest BCUT2D eigenvalue weighted by atomic mass is 16.1. The Balaban J connectivity index is 1.30. The van der Waals surface area contributed by atoms with Gasteiger partial charge in [-0.1, -0.05) is 0 Å². The van der Waals surface area contributed by atoms with Gasteiger partial charge in [0.1, 0.15) is 11.9 Å². The number of rotatable bonds is 4. The summed E-state index contributed by atoms with van der Waals surface area (Å²) < 4.78 is 1.63. The van der Waals surface area contributed by atoms with Crippen LogP contribution in [0.2, 0.25) is 0 Å². The highest BCUT2D eigenvalue weighted by Crippen LogP contribution is 2.38. The standard InChI is InChI=1S/C21H23N5O/c22-10-17-9-16-3-1-2-4-18(16)23-21(17)25-11-14(12-25)13-26-20(27)8-7-19(24-26)15-5-6-15/h7-9,14-15H,1-6,11-13H2. The molecule has 1 aliphatic heterocycles. The van der Waals surface area contributed by atoms with Crippen LogP contribution in [-0.4, -0.2) is 27.9 Å². The average molecular weight is 361 g/mol. The number of anilines is 1. The van der Waals surface area contributed by atoms with Gasteiger partial charge in [-0.3, -0.25) is 4.79 Å². The highest BCUT2D eigenvalue weighted by molar-refractivity contribution is 5.58. The SMILES string of the molecule is N#Cc1cc2c(nc1N1CC(Cn3nc(C4CC4)ccc3=O)C1)CCCC2. The molecule has 27 heavy (non-hydrogen) atoms. The molecule has 2 fully saturated rings.